The van der Waals surface area contributed by atoms with Crippen LogP contribution in [0.25, 0.3) is 10.9 Å². The Labute approximate surface area is 89.2 Å². The van der Waals surface area contributed by atoms with E-state index in [4.69, 9.17) is 0 Å². The molecule has 0 atom stereocenters. The van der Waals surface area contributed by atoms with Crippen molar-refractivity contribution in [1.82, 2.24) is 4.57 Å². The van der Waals surface area contributed by atoms with Crippen LogP contribution in [0.3, 0.4) is 0 Å². The van der Waals surface area contributed by atoms with E-state index in [1.807, 2.05) is 0 Å². The van der Waals surface area contributed by atoms with Gasteiger partial charge in [0, 0.05) is 17.4 Å². The standard InChI is InChI=1S/C13H14N2/c1-2-11-13-9-10-5-3-4-6-12(10)15(13)8-7-14-11/h3-6,9H,2,7-8H2,1H3. The van der Waals surface area contributed by atoms with Gasteiger partial charge in [0.15, 0.2) is 0 Å². The van der Waals surface area contributed by atoms with Crippen LogP contribution >= 0.6 is 0 Å². The van der Waals surface area contributed by atoms with Crippen molar-refractivity contribution in [3.05, 3.63) is 36.0 Å². The summed E-state index contributed by atoms with van der Waals surface area (Å²) in [4.78, 5) is 4.58. The van der Waals surface area contributed by atoms with Gasteiger partial charge in [0.05, 0.1) is 18.0 Å². The van der Waals surface area contributed by atoms with Gasteiger partial charge in [-0.15, -0.1) is 0 Å². The number of para-hydroxylation sites is 1. The Morgan fingerprint density at radius 2 is 2.20 bits per heavy atom. The number of aliphatic imine (C=N–C) groups is 1. The first-order chi connectivity index (χ1) is 7.40. The second-order valence-electron chi connectivity index (χ2n) is 3.92. The lowest BCUT2D eigenvalue weighted by Gasteiger charge is -2.15. The molecule has 0 radical (unpaired) electrons. The van der Waals surface area contributed by atoms with Crippen molar-refractivity contribution in [1.29, 1.82) is 0 Å². The molecule has 0 saturated carbocycles. The Kier molecular flexibility index (Phi) is 1.88. The zero-order valence-corrected chi connectivity index (χ0v) is 8.90. The van der Waals surface area contributed by atoms with Crippen LogP contribution in [0.4, 0.5) is 0 Å². The lowest BCUT2D eigenvalue weighted by Crippen LogP contribution is -2.17. The van der Waals surface area contributed by atoms with Crippen LogP contribution in [0.15, 0.2) is 35.3 Å². The van der Waals surface area contributed by atoms with Crippen molar-refractivity contribution >= 4 is 16.6 Å². The average Bonchev–Trinajstić information content (AvgIpc) is 2.67. The lowest BCUT2D eigenvalue weighted by atomic mass is 10.2. The smallest absolute Gasteiger partial charge is 0.0632 e. The summed E-state index contributed by atoms with van der Waals surface area (Å²) in [5.74, 6) is 0. The van der Waals surface area contributed by atoms with Crippen molar-refractivity contribution in [2.45, 2.75) is 19.9 Å². The first-order valence-corrected chi connectivity index (χ1v) is 5.52. The van der Waals surface area contributed by atoms with E-state index in [0.717, 1.165) is 19.5 Å². The third-order valence-corrected chi connectivity index (χ3v) is 3.07. The molecule has 0 spiro atoms. The number of benzene rings is 1. The maximum absolute atomic E-state index is 4.58. The van der Waals surface area contributed by atoms with E-state index in [9.17, 15) is 0 Å². The number of fused-ring (bicyclic) bond motifs is 3. The number of rotatable bonds is 1. The molecule has 1 aromatic carbocycles. The summed E-state index contributed by atoms with van der Waals surface area (Å²) in [5, 5.41) is 1.33. The molecule has 2 heterocycles. The fraction of sp³-hybridized carbons (Fsp3) is 0.308. The topological polar surface area (TPSA) is 17.3 Å². The zero-order valence-electron chi connectivity index (χ0n) is 8.90. The summed E-state index contributed by atoms with van der Waals surface area (Å²) in [6.07, 6.45) is 1.02. The van der Waals surface area contributed by atoms with Crippen molar-refractivity contribution in [2.24, 2.45) is 4.99 Å². The number of aromatic nitrogens is 1. The predicted molar refractivity (Wildman–Crippen MR) is 63.6 cm³/mol. The SMILES string of the molecule is CCC1=NCCn2c1cc1ccccc12. The molecule has 0 aliphatic carbocycles. The minimum Gasteiger partial charge on any atom is -0.338 e. The van der Waals surface area contributed by atoms with Crippen molar-refractivity contribution < 1.29 is 0 Å². The summed E-state index contributed by atoms with van der Waals surface area (Å²) >= 11 is 0. The fourth-order valence-corrected chi connectivity index (χ4v) is 2.35. The van der Waals surface area contributed by atoms with Crippen LogP contribution in [0.1, 0.15) is 19.0 Å². The second-order valence-corrected chi connectivity index (χ2v) is 3.92. The van der Waals surface area contributed by atoms with Gasteiger partial charge in [0.1, 0.15) is 0 Å². The summed E-state index contributed by atoms with van der Waals surface area (Å²) in [5.41, 5.74) is 3.90. The second kappa shape index (κ2) is 3.23. The van der Waals surface area contributed by atoms with Crippen LogP contribution in [-0.2, 0) is 6.54 Å². The molecule has 1 aliphatic heterocycles. The molecule has 0 bridgehead atoms. The van der Waals surface area contributed by atoms with E-state index in [1.165, 1.54) is 22.3 Å². The van der Waals surface area contributed by atoms with Crippen LogP contribution in [0.5, 0.6) is 0 Å². The molecular weight excluding hydrogens is 184 g/mol. The Hall–Kier alpha value is -1.57. The Morgan fingerprint density at radius 3 is 3.07 bits per heavy atom. The molecule has 0 saturated heterocycles. The van der Waals surface area contributed by atoms with Gasteiger partial charge < -0.3 is 4.57 Å². The number of hydrogen-bond acceptors (Lipinski definition) is 1. The average molecular weight is 198 g/mol. The first-order valence-electron chi connectivity index (χ1n) is 5.52. The molecule has 2 aromatic rings. The van der Waals surface area contributed by atoms with Gasteiger partial charge in [-0.05, 0) is 18.6 Å². The van der Waals surface area contributed by atoms with E-state index in [0.29, 0.717) is 0 Å². The van der Waals surface area contributed by atoms with E-state index in [2.05, 4.69) is 46.8 Å². The summed E-state index contributed by atoms with van der Waals surface area (Å²) < 4.78 is 2.39. The summed E-state index contributed by atoms with van der Waals surface area (Å²) in [6, 6.07) is 10.8. The maximum Gasteiger partial charge on any atom is 0.0632 e. The van der Waals surface area contributed by atoms with Gasteiger partial charge in [0.2, 0.25) is 0 Å². The van der Waals surface area contributed by atoms with E-state index in [1.54, 1.807) is 0 Å². The van der Waals surface area contributed by atoms with Gasteiger partial charge in [-0.2, -0.15) is 0 Å². The molecule has 3 rings (SSSR count). The Morgan fingerprint density at radius 1 is 1.33 bits per heavy atom. The third-order valence-electron chi connectivity index (χ3n) is 3.07. The number of hydrogen-bond donors (Lipinski definition) is 0. The zero-order chi connectivity index (χ0) is 10.3. The Bertz CT molecular complexity index is 534. The molecule has 0 N–H and O–H groups in total. The molecule has 1 aliphatic rings. The first kappa shape index (κ1) is 8.72. The molecule has 2 heteroatoms. The summed E-state index contributed by atoms with van der Waals surface area (Å²) in [7, 11) is 0. The highest BCUT2D eigenvalue weighted by molar-refractivity contribution is 6.03. The molecule has 0 unspecified atom stereocenters. The third kappa shape index (κ3) is 1.21. The molecule has 1 aromatic heterocycles. The highest BCUT2D eigenvalue weighted by Gasteiger charge is 2.15. The van der Waals surface area contributed by atoms with Crippen LogP contribution in [0.2, 0.25) is 0 Å². The van der Waals surface area contributed by atoms with Gasteiger partial charge in [-0.1, -0.05) is 25.1 Å². The fourth-order valence-electron chi connectivity index (χ4n) is 2.35. The van der Waals surface area contributed by atoms with Gasteiger partial charge in [-0.25, -0.2) is 0 Å². The highest BCUT2D eigenvalue weighted by Crippen LogP contribution is 2.23. The van der Waals surface area contributed by atoms with Gasteiger partial charge in [0.25, 0.3) is 0 Å². The Balaban J connectivity index is 2.31. The predicted octanol–water partition coefficient (Wildman–Crippen LogP) is 2.85. The molecule has 0 amide bonds. The van der Waals surface area contributed by atoms with Crippen LogP contribution < -0.4 is 0 Å². The van der Waals surface area contributed by atoms with Crippen LogP contribution in [0, 0.1) is 0 Å². The molecule has 2 nitrogen and oxygen atoms in total. The lowest BCUT2D eigenvalue weighted by molar-refractivity contribution is 0.706. The largest absolute Gasteiger partial charge is 0.338 e. The number of nitrogens with zero attached hydrogens (tertiary/aromatic N) is 2. The highest BCUT2D eigenvalue weighted by atomic mass is 15.0. The minimum atomic E-state index is 0.925. The van der Waals surface area contributed by atoms with Crippen molar-refractivity contribution in [2.75, 3.05) is 6.54 Å². The monoisotopic (exact) mass is 198 g/mol. The van der Waals surface area contributed by atoms with Crippen LogP contribution in [-0.4, -0.2) is 16.8 Å². The van der Waals surface area contributed by atoms with Gasteiger partial charge >= 0.3 is 0 Å². The van der Waals surface area contributed by atoms with E-state index in [-0.39, 0.29) is 0 Å². The maximum atomic E-state index is 4.58. The molecule has 0 fully saturated rings. The van der Waals surface area contributed by atoms with E-state index >= 15 is 0 Å². The molecular formula is C13H14N2. The van der Waals surface area contributed by atoms with Gasteiger partial charge in [-0.3, -0.25) is 4.99 Å². The minimum absolute atomic E-state index is 0.925. The van der Waals surface area contributed by atoms with E-state index < -0.39 is 0 Å². The quantitative estimate of drug-likeness (QED) is 0.670. The molecule has 76 valence electrons. The van der Waals surface area contributed by atoms with Crippen molar-refractivity contribution in [3.8, 4) is 0 Å². The molecule has 15 heavy (non-hydrogen) atoms. The summed E-state index contributed by atoms with van der Waals surface area (Å²) in [6.45, 7) is 4.12. The normalized spacial score (nSPS) is 15.1. The van der Waals surface area contributed by atoms with Crippen molar-refractivity contribution in [3.63, 3.8) is 0 Å².